The van der Waals surface area contributed by atoms with Gasteiger partial charge in [0, 0.05) is 292 Å². The van der Waals surface area contributed by atoms with E-state index in [-0.39, 0.29) is 145 Å². The molecule has 6 aromatic heterocycles. The third-order valence-corrected chi connectivity index (χ3v) is 19.0. The standard InChI is InChI=1S/C44H28N4.2C18H36N2O6.2C4H6N2.2ClH.Fe.2K/c1-5-13-29(14-6-1)41-33-21-23-35(45-33)42(30-15-7-2-8-16-30)37-25-27-39(47-37)44(32-19-11-4-12-20-32)40-28-26-38(48-40)43(31-17-9-3-10-18-31)36-24-22-34(41)46-36;2*1-7-21-13-14-24-10-4-20-5-11-25-17-15-22-8-2-19(1)3-9-23-16-18-26-12-6-20;2*1-4-2-5-3-6-4;;;;;/h1-28H;2*1-18H2;2*2-3H,1H3,(H,5,6);2*1H;;;/q;;;;;;;;;+1/p-2. The number of H-pyrrole nitrogens is 2. The van der Waals surface area contributed by atoms with Gasteiger partial charge in [0.05, 0.1) is 193 Å². The molecular formula is C88H112Cl2FeK2N12O12-. The molecule has 24 nitrogen and oxygen atoms in total. The van der Waals surface area contributed by atoms with Gasteiger partial charge < -0.3 is 112 Å². The van der Waals surface area contributed by atoms with Crippen molar-refractivity contribution in [3.63, 3.8) is 0 Å². The predicted octanol–water partition coefficient (Wildman–Crippen LogP) is -0.595. The van der Waals surface area contributed by atoms with Crippen LogP contribution in [-0.4, -0.2) is 328 Å². The van der Waals surface area contributed by atoms with E-state index in [9.17, 15) is 0 Å². The first-order valence-corrected chi connectivity index (χ1v) is 39.5. The third kappa shape index (κ3) is 36.5. The van der Waals surface area contributed by atoms with Crippen molar-refractivity contribution in [2.45, 2.75) is 13.8 Å². The maximum Gasteiger partial charge on any atom is 1.00 e. The molecule has 0 spiro atoms. The van der Waals surface area contributed by atoms with Crippen molar-refractivity contribution in [1.29, 1.82) is 0 Å². The fourth-order valence-corrected chi connectivity index (χ4v) is 12.9. The van der Waals surface area contributed by atoms with Gasteiger partial charge in [0.1, 0.15) is 0 Å². The molecule has 13 heterocycles. The van der Waals surface area contributed by atoms with E-state index in [1.54, 1.807) is 25.0 Å². The van der Waals surface area contributed by atoms with Crippen molar-refractivity contribution >= 4 is 51.4 Å². The van der Waals surface area contributed by atoms with Crippen molar-refractivity contribution in [3.05, 3.63) is 298 Å². The van der Waals surface area contributed by atoms with E-state index in [2.05, 4.69) is 185 Å². The second-order valence-electron chi connectivity index (χ2n) is 27.0. The van der Waals surface area contributed by atoms with Crippen LogP contribution < -0.4 is 96.1 Å². The summed E-state index contributed by atoms with van der Waals surface area (Å²) in [5.74, 6) is 3.91. The number of aromatic amines is 2. The minimum atomic E-state index is 0. The third-order valence-electron chi connectivity index (χ3n) is 19.0. The number of benzene rings is 4. The number of hydrogen-bond acceptors (Lipinski definition) is 18. The molecule has 12 bridgehead atoms. The Hall–Kier alpha value is -4.37. The van der Waals surface area contributed by atoms with Gasteiger partial charge in [-0.1, -0.05) is 0 Å². The molecular weight excluding hydrogens is 1620 g/mol. The second-order valence-corrected chi connectivity index (χ2v) is 27.0. The van der Waals surface area contributed by atoms with Crippen LogP contribution >= 0.6 is 0 Å². The number of nitrogens with one attached hydrogen (secondary N) is 2. The fourth-order valence-electron chi connectivity index (χ4n) is 12.9. The summed E-state index contributed by atoms with van der Waals surface area (Å²) < 4.78 is 68.4. The molecule has 10 aromatic rings. The first-order chi connectivity index (χ1) is 55.5. The average molecular weight is 1730 g/mol. The Kier molecular flexibility index (Phi) is 52.9. The molecule has 7 aliphatic heterocycles. The van der Waals surface area contributed by atoms with Gasteiger partial charge in [-0.2, -0.15) is 0 Å². The molecule has 0 atom stereocenters. The smallest absolute Gasteiger partial charge is 1.00 e. The Labute approximate surface area is 800 Å². The molecule has 1 radical (unpaired) electrons. The average Bonchev–Trinajstić information content (AvgIpc) is 1.62. The number of aromatic nitrogens is 8. The summed E-state index contributed by atoms with van der Waals surface area (Å²) >= 11 is 0. The van der Waals surface area contributed by atoms with Crippen molar-refractivity contribution in [2.75, 3.05) is 237 Å². The Morgan fingerprint density at radius 2 is 0.410 bits per heavy atom. The maximum absolute atomic E-state index is 5.70. The van der Waals surface area contributed by atoms with Gasteiger partial charge in [-0.05, 0) is 132 Å². The fraction of sp³-hybridized carbons (Fsp3) is 0.432. The van der Waals surface area contributed by atoms with Gasteiger partial charge >= 0.3 is 51.4 Å². The van der Waals surface area contributed by atoms with Crippen LogP contribution in [-0.2, 0) is 73.9 Å². The maximum atomic E-state index is 5.70. The van der Waals surface area contributed by atoms with Gasteiger partial charge in [0.25, 0.3) is 0 Å². The number of fused-ring (bicyclic) bond motifs is 50. The van der Waals surface area contributed by atoms with Gasteiger partial charge in [0.2, 0.25) is 0 Å². The summed E-state index contributed by atoms with van der Waals surface area (Å²) in [6.07, 6.45) is 6.88. The summed E-state index contributed by atoms with van der Waals surface area (Å²) in [6.45, 7) is 30.3. The van der Waals surface area contributed by atoms with E-state index in [1.807, 2.05) is 38.1 Å². The van der Waals surface area contributed by atoms with Gasteiger partial charge in [0.15, 0.2) is 0 Å². The molecule has 117 heavy (non-hydrogen) atoms. The van der Waals surface area contributed by atoms with Crippen LogP contribution in [0.4, 0.5) is 0 Å². The van der Waals surface area contributed by atoms with E-state index < -0.39 is 0 Å². The minimum absolute atomic E-state index is 0. The number of nitrogens with zero attached hydrogens (tertiary/aromatic N) is 10. The topological polar surface area (TPSA) is 237 Å². The number of ether oxygens (including phenoxy) is 12. The van der Waals surface area contributed by atoms with Crippen molar-refractivity contribution in [1.82, 2.24) is 59.5 Å². The second kappa shape index (κ2) is 61.0. The molecule has 6 saturated heterocycles. The zero-order valence-corrected chi connectivity index (χ0v) is 77.3. The van der Waals surface area contributed by atoms with Crippen molar-refractivity contribution < 1.29 is 150 Å². The summed E-state index contributed by atoms with van der Waals surface area (Å²) in [5, 5.41) is 0. The minimum Gasteiger partial charge on any atom is -1.00 e. The van der Waals surface area contributed by atoms with Crippen LogP contribution in [0.1, 0.15) is 79.2 Å². The molecule has 0 aliphatic carbocycles. The molecule has 7 aliphatic rings. The van der Waals surface area contributed by atoms with Gasteiger partial charge in [-0.25, -0.2) is 9.97 Å². The Morgan fingerprint density at radius 1 is 0.256 bits per heavy atom. The van der Waals surface area contributed by atoms with E-state index in [1.165, 1.54) is 0 Å². The molecule has 0 unspecified atom stereocenters. The molecule has 17 rings (SSSR count). The first-order valence-electron chi connectivity index (χ1n) is 39.5. The summed E-state index contributed by atoms with van der Waals surface area (Å²) in [7, 11) is 0. The summed E-state index contributed by atoms with van der Waals surface area (Å²) in [6, 6.07) is 58.4. The monoisotopic (exact) mass is 1730 g/mol. The Morgan fingerprint density at radius 3 is 0.530 bits per heavy atom. The summed E-state index contributed by atoms with van der Waals surface area (Å²) in [4.78, 5) is 43.8. The van der Waals surface area contributed by atoms with Gasteiger partial charge in [-0.3, -0.25) is 19.6 Å². The van der Waals surface area contributed by atoms with Crippen LogP contribution in [0.2, 0.25) is 0 Å². The van der Waals surface area contributed by atoms with Crippen LogP contribution in [0.3, 0.4) is 0 Å². The predicted molar refractivity (Wildman–Crippen MR) is 435 cm³/mol. The van der Waals surface area contributed by atoms with E-state index in [0.29, 0.717) is 159 Å². The molecule has 4 aromatic carbocycles. The van der Waals surface area contributed by atoms with Crippen LogP contribution in [0.15, 0.2) is 195 Å². The quantitative estimate of drug-likeness (QED) is 0.165. The van der Waals surface area contributed by atoms with Crippen molar-refractivity contribution in [3.8, 4) is 0 Å². The number of hydrogen-bond donors (Lipinski definition) is 2. The molecule has 0 amide bonds. The number of aryl methyl sites for hydroxylation is 2. The molecule has 621 valence electrons. The largest absolute Gasteiger partial charge is 1.00 e. The molecule has 29 heteroatoms. The molecule has 2 N–H and O–H groups in total. The van der Waals surface area contributed by atoms with Gasteiger partial charge in [-0.15, -0.1) is 0 Å². The van der Waals surface area contributed by atoms with Crippen molar-refractivity contribution in [2.24, 2.45) is 0 Å². The van der Waals surface area contributed by atoms with Crippen LogP contribution in [0.25, 0.3) is 0 Å². The molecule has 0 saturated carbocycles. The number of imidazole rings is 2. The Bertz CT molecular complexity index is 3370. The van der Waals surface area contributed by atoms with Crippen LogP contribution in [0.5, 0.6) is 0 Å². The van der Waals surface area contributed by atoms with E-state index in [0.717, 1.165) is 181 Å². The van der Waals surface area contributed by atoms with E-state index >= 15 is 0 Å². The number of halogens is 2. The SMILES string of the molecule is C1COCCN2CCOCCOCCN(CCO1)CCOCCOCC2.C1COCCN2CCOCCOCCN(CCO1)CCOCCOCC2.Cc1cnc[nH]1.Cc1cnc[nH]1.[Cl-].[Cl-].[Fe].[K+].[K].c1ccc([C+]2c3ccc([n-]3)[C+](c3ccccc3)c3ccc([n-]3)[C+](c3ccccc3)c3ccc([n-]3)[C+](c3ccccc3)c3ccc2[n-]3)cc1. The molecule has 6 fully saturated rings. The normalized spacial score (nSPS) is 19.7. The zero-order valence-electron chi connectivity index (χ0n) is 68.4. The first kappa shape index (κ1) is 101. The summed E-state index contributed by atoms with van der Waals surface area (Å²) in [5.41, 5.74) is 13.3. The Balaban J connectivity index is 0.000000264. The van der Waals surface area contributed by atoms with E-state index in [4.69, 9.17) is 76.8 Å². The zero-order chi connectivity index (χ0) is 76.9. The number of rotatable bonds is 4. The van der Waals surface area contributed by atoms with Crippen LogP contribution in [0, 0.1) is 37.5 Å².